The van der Waals surface area contributed by atoms with E-state index in [0.29, 0.717) is 6.54 Å². The molecule has 29 heavy (non-hydrogen) atoms. The first kappa shape index (κ1) is 22.1. The first-order valence-electron chi connectivity index (χ1n) is 11.6. The van der Waals surface area contributed by atoms with Crippen LogP contribution in [0.3, 0.4) is 0 Å². The van der Waals surface area contributed by atoms with Gasteiger partial charge in [-0.2, -0.15) is 0 Å². The van der Waals surface area contributed by atoms with Gasteiger partial charge in [-0.05, 0) is 6.42 Å². The summed E-state index contributed by atoms with van der Waals surface area (Å²) in [5.74, 6) is -0.339. The zero-order valence-electron chi connectivity index (χ0n) is 18.1. The molecule has 6 nitrogen and oxygen atoms in total. The number of rotatable bonds is 13. The Bertz CT molecular complexity index is 590. The van der Waals surface area contributed by atoms with Crippen molar-refractivity contribution in [1.29, 1.82) is 0 Å². The standard InChI is InChI=1S/C23H37NO5/c1-3-4-5-6-7-8-9-10-11-12-13-20-22(29-20)18-14-15-24-19(16-27-23(24)26)21(18)28-17(2)25/h14,19-22H,3-13,15-16H2,1-2H3/t19-,20+,21+,22-/m0/s1. The van der Waals surface area contributed by atoms with E-state index in [-0.39, 0.29) is 36.9 Å². The van der Waals surface area contributed by atoms with Crippen LogP contribution in [-0.4, -0.2) is 54.5 Å². The maximum absolute atomic E-state index is 11.8. The van der Waals surface area contributed by atoms with Crippen LogP contribution in [0.25, 0.3) is 0 Å². The molecule has 1 amide bonds. The third-order valence-corrected chi connectivity index (χ3v) is 6.26. The molecular weight excluding hydrogens is 370 g/mol. The van der Waals surface area contributed by atoms with Crippen molar-refractivity contribution in [3.63, 3.8) is 0 Å². The summed E-state index contributed by atoms with van der Waals surface area (Å²) in [4.78, 5) is 25.0. The molecule has 3 aliphatic rings. The number of epoxide rings is 1. The zero-order chi connectivity index (χ0) is 20.6. The Labute approximate surface area is 174 Å². The number of unbranched alkanes of at least 4 members (excludes halogenated alkanes) is 9. The largest absolute Gasteiger partial charge is 0.456 e. The monoisotopic (exact) mass is 407 g/mol. The highest BCUT2D eigenvalue weighted by Gasteiger charge is 2.51. The average Bonchev–Trinajstić information content (AvgIpc) is 3.36. The molecule has 0 aromatic rings. The second-order valence-electron chi connectivity index (χ2n) is 8.60. The Morgan fingerprint density at radius 1 is 1.10 bits per heavy atom. The molecule has 3 heterocycles. The summed E-state index contributed by atoms with van der Waals surface area (Å²) < 4.78 is 16.6. The van der Waals surface area contributed by atoms with Crippen LogP contribution in [0.15, 0.2) is 11.6 Å². The summed E-state index contributed by atoms with van der Waals surface area (Å²) in [6, 6.07) is -0.228. The first-order chi connectivity index (χ1) is 14.1. The Kier molecular flexibility index (Phi) is 8.40. The molecule has 0 spiro atoms. The minimum atomic E-state index is -0.449. The molecule has 0 radical (unpaired) electrons. The van der Waals surface area contributed by atoms with Crippen molar-refractivity contribution in [1.82, 2.24) is 4.90 Å². The molecular formula is C23H37NO5. The molecule has 6 heteroatoms. The van der Waals surface area contributed by atoms with E-state index in [1.54, 1.807) is 4.90 Å². The lowest BCUT2D eigenvalue weighted by molar-refractivity contribution is -0.147. The Morgan fingerprint density at radius 2 is 1.76 bits per heavy atom. The molecule has 4 atom stereocenters. The molecule has 3 rings (SSSR count). The van der Waals surface area contributed by atoms with Gasteiger partial charge in [0, 0.05) is 19.0 Å². The van der Waals surface area contributed by atoms with Crippen LogP contribution in [0, 0.1) is 0 Å². The molecule has 0 aromatic heterocycles. The van der Waals surface area contributed by atoms with Gasteiger partial charge in [0.2, 0.25) is 0 Å². The van der Waals surface area contributed by atoms with Gasteiger partial charge in [0.1, 0.15) is 24.9 Å². The molecule has 0 aliphatic carbocycles. The number of carbonyl (C=O) groups is 2. The lowest BCUT2D eigenvalue weighted by Gasteiger charge is -2.33. The van der Waals surface area contributed by atoms with Gasteiger partial charge < -0.3 is 14.2 Å². The average molecular weight is 408 g/mol. The van der Waals surface area contributed by atoms with Crippen LogP contribution < -0.4 is 0 Å². The van der Waals surface area contributed by atoms with Gasteiger partial charge in [-0.15, -0.1) is 0 Å². The smallest absolute Gasteiger partial charge is 0.410 e. The van der Waals surface area contributed by atoms with E-state index in [9.17, 15) is 9.59 Å². The van der Waals surface area contributed by atoms with Gasteiger partial charge in [-0.25, -0.2) is 4.79 Å². The Morgan fingerprint density at radius 3 is 2.41 bits per heavy atom. The lowest BCUT2D eigenvalue weighted by atomic mass is 9.92. The van der Waals surface area contributed by atoms with Gasteiger partial charge in [0.05, 0.1) is 6.10 Å². The molecule has 0 unspecified atom stereocenters. The van der Waals surface area contributed by atoms with Crippen molar-refractivity contribution < 1.29 is 23.8 Å². The van der Waals surface area contributed by atoms with Gasteiger partial charge in [-0.3, -0.25) is 9.69 Å². The van der Waals surface area contributed by atoms with Gasteiger partial charge in [0.25, 0.3) is 0 Å². The number of cyclic esters (lactones) is 1. The van der Waals surface area contributed by atoms with Crippen molar-refractivity contribution in [2.24, 2.45) is 0 Å². The Balaban J connectivity index is 1.34. The second kappa shape index (κ2) is 11.0. The number of hydrogen-bond donors (Lipinski definition) is 0. The number of carbonyl (C=O) groups excluding carboxylic acids is 2. The number of esters is 1. The molecule has 2 saturated heterocycles. The molecule has 0 aromatic carbocycles. The highest BCUT2D eigenvalue weighted by atomic mass is 16.6. The van der Waals surface area contributed by atoms with E-state index in [2.05, 4.69) is 6.92 Å². The topological polar surface area (TPSA) is 68.4 Å². The summed E-state index contributed by atoms with van der Waals surface area (Å²) in [5, 5.41) is 0. The molecule has 0 bridgehead atoms. The molecule has 164 valence electrons. The minimum absolute atomic E-state index is 0.0239. The first-order valence-corrected chi connectivity index (χ1v) is 11.6. The van der Waals surface area contributed by atoms with Crippen LogP contribution in [0.5, 0.6) is 0 Å². The fourth-order valence-electron chi connectivity index (χ4n) is 4.56. The SMILES string of the molecule is CCCCCCCCCCCC[C@H]1O[C@H]1C1=CCN2C(=O)OC[C@H]2[C@@H]1OC(C)=O. The summed E-state index contributed by atoms with van der Waals surface area (Å²) >= 11 is 0. The number of ether oxygens (including phenoxy) is 3. The predicted octanol–water partition coefficient (Wildman–Crippen LogP) is 4.76. The summed E-state index contributed by atoms with van der Waals surface area (Å²) in [6.07, 6.45) is 15.8. The van der Waals surface area contributed by atoms with E-state index >= 15 is 0 Å². The number of amides is 1. The van der Waals surface area contributed by atoms with Gasteiger partial charge in [0.15, 0.2) is 0 Å². The highest BCUT2D eigenvalue weighted by Crippen LogP contribution is 2.39. The van der Waals surface area contributed by atoms with E-state index in [4.69, 9.17) is 14.2 Å². The van der Waals surface area contributed by atoms with E-state index < -0.39 is 6.10 Å². The van der Waals surface area contributed by atoms with Crippen LogP contribution in [0.1, 0.15) is 84.5 Å². The lowest BCUT2D eigenvalue weighted by Crippen LogP contribution is -2.49. The van der Waals surface area contributed by atoms with Crippen molar-refractivity contribution in [3.8, 4) is 0 Å². The van der Waals surface area contributed by atoms with Crippen molar-refractivity contribution in [2.75, 3.05) is 13.2 Å². The summed E-state index contributed by atoms with van der Waals surface area (Å²) in [7, 11) is 0. The van der Waals surface area contributed by atoms with Crippen molar-refractivity contribution in [3.05, 3.63) is 11.6 Å². The van der Waals surface area contributed by atoms with Gasteiger partial charge in [-0.1, -0.05) is 77.2 Å². The third-order valence-electron chi connectivity index (χ3n) is 6.26. The number of nitrogens with zero attached hydrogens (tertiary/aromatic N) is 1. The second-order valence-corrected chi connectivity index (χ2v) is 8.60. The molecule has 2 fully saturated rings. The summed E-state index contributed by atoms with van der Waals surface area (Å²) in [5.41, 5.74) is 1.01. The zero-order valence-corrected chi connectivity index (χ0v) is 18.1. The maximum Gasteiger partial charge on any atom is 0.410 e. The maximum atomic E-state index is 11.8. The summed E-state index contributed by atoms with van der Waals surface area (Å²) in [6.45, 7) is 4.43. The minimum Gasteiger partial charge on any atom is -0.456 e. The molecule has 0 N–H and O–H groups in total. The van der Waals surface area contributed by atoms with Crippen LogP contribution >= 0.6 is 0 Å². The molecule has 3 aliphatic heterocycles. The van der Waals surface area contributed by atoms with E-state index in [1.807, 2.05) is 6.08 Å². The third kappa shape index (κ3) is 6.21. The number of fused-ring (bicyclic) bond motifs is 1. The highest BCUT2D eigenvalue weighted by molar-refractivity contribution is 5.72. The predicted molar refractivity (Wildman–Crippen MR) is 111 cm³/mol. The van der Waals surface area contributed by atoms with Crippen LogP contribution in [0.4, 0.5) is 4.79 Å². The van der Waals surface area contributed by atoms with Gasteiger partial charge >= 0.3 is 12.1 Å². The van der Waals surface area contributed by atoms with Crippen LogP contribution in [-0.2, 0) is 19.0 Å². The van der Waals surface area contributed by atoms with Crippen molar-refractivity contribution in [2.45, 2.75) is 109 Å². The Hall–Kier alpha value is -1.56. The fourth-order valence-corrected chi connectivity index (χ4v) is 4.56. The quantitative estimate of drug-likeness (QED) is 0.191. The fraction of sp³-hybridized carbons (Fsp3) is 0.826. The number of hydrogen-bond acceptors (Lipinski definition) is 5. The van der Waals surface area contributed by atoms with Crippen molar-refractivity contribution >= 4 is 12.1 Å². The van der Waals surface area contributed by atoms with Crippen LogP contribution in [0.2, 0.25) is 0 Å². The normalized spacial score (nSPS) is 28.0. The van der Waals surface area contributed by atoms with E-state index in [1.165, 1.54) is 71.1 Å². The molecule has 0 saturated carbocycles. The van der Waals surface area contributed by atoms with E-state index in [0.717, 1.165) is 12.0 Å².